The predicted octanol–water partition coefficient (Wildman–Crippen LogP) is 3.35. The number of benzene rings is 1. The van der Waals surface area contributed by atoms with Gasteiger partial charge in [0.25, 0.3) is 0 Å². The Balaban J connectivity index is 2.58. The van der Waals surface area contributed by atoms with Crippen molar-refractivity contribution in [2.24, 2.45) is 5.73 Å². The van der Waals surface area contributed by atoms with Crippen LogP contribution in [0.25, 0.3) is 0 Å². The number of rotatable bonds is 7. The summed E-state index contributed by atoms with van der Waals surface area (Å²) in [5.74, 6) is 0.879. The van der Waals surface area contributed by atoms with Crippen LogP contribution in [0.1, 0.15) is 25.3 Å². The molecule has 0 spiro atoms. The first-order chi connectivity index (χ1) is 9.81. The van der Waals surface area contributed by atoms with Crippen LogP contribution in [0.3, 0.4) is 0 Å². The lowest BCUT2D eigenvalue weighted by atomic mass is 10.1. The average molecular weight is 422 g/mol. The van der Waals surface area contributed by atoms with E-state index in [1.54, 1.807) is 19.0 Å². The van der Waals surface area contributed by atoms with E-state index in [1.807, 2.05) is 19.1 Å². The Morgan fingerprint density at radius 2 is 1.90 bits per heavy atom. The lowest BCUT2D eigenvalue weighted by molar-refractivity contribution is -0.128. The zero-order chi connectivity index (χ0) is 16.0. The second-order valence-corrected chi connectivity index (χ2v) is 7.02. The third-order valence-electron chi connectivity index (χ3n) is 2.90. The fraction of sp³-hybridized carbons (Fsp3) is 0.533. The molecule has 1 amide bonds. The fourth-order valence-electron chi connectivity index (χ4n) is 1.86. The molecule has 0 heterocycles. The van der Waals surface area contributed by atoms with Gasteiger partial charge in [-0.25, -0.2) is 0 Å². The van der Waals surface area contributed by atoms with E-state index >= 15 is 0 Å². The molecule has 4 nitrogen and oxygen atoms in total. The van der Waals surface area contributed by atoms with E-state index in [0.717, 1.165) is 26.7 Å². The zero-order valence-electron chi connectivity index (χ0n) is 12.7. The number of carbonyl (C=O) groups is 1. The summed E-state index contributed by atoms with van der Waals surface area (Å²) in [6.45, 7) is 2.48. The van der Waals surface area contributed by atoms with Crippen molar-refractivity contribution in [2.75, 3.05) is 20.7 Å². The third kappa shape index (κ3) is 6.36. The third-order valence-corrected chi connectivity index (χ3v) is 4.07. The number of nitrogens with two attached hydrogens (primary N) is 1. The smallest absolute Gasteiger partial charge is 0.222 e. The van der Waals surface area contributed by atoms with Crippen LogP contribution in [0.4, 0.5) is 0 Å². The highest BCUT2D eigenvalue weighted by molar-refractivity contribution is 9.11. The van der Waals surface area contributed by atoms with Crippen molar-refractivity contribution in [3.05, 3.63) is 26.6 Å². The van der Waals surface area contributed by atoms with E-state index in [9.17, 15) is 4.79 Å². The van der Waals surface area contributed by atoms with Gasteiger partial charge in [-0.2, -0.15) is 0 Å². The lowest BCUT2D eigenvalue weighted by Gasteiger charge is -2.14. The summed E-state index contributed by atoms with van der Waals surface area (Å²) in [4.78, 5) is 13.1. The molecule has 1 unspecified atom stereocenters. The molecule has 0 saturated heterocycles. The molecule has 0 aromatic heterocycles. The Kier molecular flexibility index (Phi) is 7.70. The van der Waals surface area contributed by atoms with Crippen LogP contribution >= 0.6 is 31.9 Å². The number of hydrogen-bond donors (Lipinski definition) is 1. The number of hydrogen-bond acceptors (Lipinski definition) is 3. The molecule has 1 aromatic carbocycles. The largest absolute Gasteiger partial charge is 0.491 e. The van der Waals surface area contributed by atoms with Crippen LogP contribution in [-0.4, -0.2) is 37.6 Å². The number of nitrogens with zero attached hydrogens (tertiary/aromatic N) is 1. The molecule has 1 rings (SSSR count). The Hall–Kier alpha value is -0.590. The maximum atomic E-state index is 11.5. The number of ether oxygens (including phenoxy) is 1. The van der Waals surface area contributed by atoms with Crippen LogP contribution in [-0.2, 0) is 11.2 Å². The Morgan fingerprint density at radius 3 is 2.38 bits per heavy atom. The first kappa shape index (κ1) is 18.5. The molecule has 0 aliphatic carbocycles. The summed E-state index contributed by atoms with van der Waals surface area (Å²) < 4.78 is 7.55. The molecule has 0 bridgehead atoms. The van der Waals surface area contributed by atoms with Gasteiger partial charge in [0, 0.05) is 26.6 Å². The van der Waals surface area contributed by atoms with Gasteiger partial charge in [0.05, 0.1) is 15.6 Å². The summed E-state index contributed by atoms with van der Waals surface area (Å²) >= 11 is 7.04. The molecule has 1 atom stereocenters. The van der Waals surface area contributed by atoms with Gasteiger partial charge in [-0.05, 0) is 69.3 Å². The molecule has 0 aliphatic rings. The van der Waals surface area contributed by atoms with Gasteiger partial charge in [-0.1, -0.05) is 0 Å². The van der Waals surface area contributed by atoms with Crippen molar-refractivity contribution in [1.29, 1.82) is 0 Å². The summed E-state index contributed by atoms with van der Waals surface area (Å²) in [7, 11) is 3.51. The zero-order valence-corrected chi connectivity index (χ0v) is 15.8. The highest BCUT2D eigenvalue weighted by Crippen LogP contribution is 2.35. The van der Waals surface area contributed by atoms with Crippen molar-refractivity contribution in [2.45, 2.75) is 32.2 Å². The van der Waals surface area contributed by atoms with Crippen molar-refractivity contribution in [3.63, 3.8) is 0 Å². The van der Waals surface area contributed by atoms with E-state index in [-0.39, 0.29) is 11.9 Å². The van der Waals surface area contributed by atoms with E-state index in [4.69, 9.17) is 10.5 Å². The standard InChI is InChI=1S/C15H22Br2N2O2/c1-10(18)7-11-8-12(16)15(13(17)9-11)21-6-4-5-14(20)19(2)3/h8-10H,4-7,18H2,1-3H3. The molecule has 6 heteroatoms. The van der Waals surface area contributed by atoms with Gasteiger partial charge >= 0.3 is 0 Å². The minimum Gasteiger partial charge on any atom is -0.491 e. The van der Waals surface area contributed by atoms with E-state index in [2.05, 4.69) is 31.9 Å². The topological polar surface area (TPSA) is 55.6 Å². The van der Waals surface area contributed by atoms with E-state index in [1.165, 1.54) is 0 Å². The molecule has 2 N–H and O–H groups in total. The van der Waals surface area contributed by atoms with E-state index in [0.29, 0.717) is 19.4 Å². The van der Waals surface area contributed by atoms with Gasteiger partial charge in [-0.15, -0.1) is 0 Å². The second kappa shape index (κ2) is 8.76. The number of carbonyl (C=O) groups excluding carboxylic acids is 1. The van der Waals surface area contributed by atoms with Crippen molar-refractivity contribution in [1.82, 2.24) is 4.90 Å². The highest BCUT2D eigenvalue weighted by atomic mass is 79.9. The second-order valence-electron chi connectivity index (χ2n) is 5.31. The van der Waals surface area contributed by atoms with Crippen LogP contribution in [0.5, 0.6) is 5.75 Å². The molecule has 118 valence electrons. The summed E-state index contributed by atoms with van der Waals surface area (Å²) in [5, 5.41) is 0. The van der Waals surface area contributed by atoms with Crippen molar-refractivity contribution >= 4 is 37.8 Å². The normalized spacial score (nSPS) is 12.1. The molecular formula is C15H22Br2N2O2. The molecule has 0 aliphatic heterocycles. The van der Waals surface area contributed by atoms with Gasteiger partial charge in [0.15, 0.2) is 0 Å². The van der Waals surface area contributed by atoms with Crippen LogP contribution in [0.2, 0.25) is 0 Å². The molecular weight excluding hydrogens is 400 g/mol. The first-order valence-electron chi connectivity index (χ1n) is 6.87. The Bertz CT molecular complexity index is 468. The molecule has 21 heavy (non-hydrogen) atoms. The van der Waals surface area contributed by atoms with Crippen molar-refractivity contribution in [3.8, 4) is 5.75 Å². The molecule has 1 aromatic rings. The van der Waals surface area contributed by atoms with Gasteiger partial charge < -0.3 is 15.4 Å². The molecule has 0 fully saturated rings. The Labute approximate surface area is 143 Å². The van der Waals surface area contributed by atoms with Crippen molar-refractivity contribution < 1.29 is 9.53 Å². The lowest BCUT2D eigenvalue weighted by Crippen LogP contribution is -2.21. The minimum absolute atomic E-state index is 0.115. The maximum Gasteiger partial charge on any atom is 0.222 e. The number of halogens is 2. The van der Waals surface area contributed by atoms with Crippen LogP contribution < -0.4 is 10.5 Å². The van der Waals surface area contributed by atoms with Gasteiger partial charge in [0.2, 0.25) is 5.91 Å². The number of amides is 1. The van der Waals surface area contributed by atoms with Crippen LogP contribution in [0, 0.1) is 0 Å². The maximum absolute atomic E-state index is 11.5. The van der Waals surface area contributed by atoms with Gasteiger partial charge in [-0.3, -0.25) is 4.79 Å². The quantitative estimate of drug-likeness (QED) is 0.686. The first-order valence-corrected chi connectivity index (χ1v) is 8.46. The monoisotopic (exact) mass is 420 g/mol. The summed E-state index contributed by atoms with van der Waals surface area (Å²) in [5.41, 5.74) is 6.97. The Morgan fingerprint density at radius 1 is 1.33 bits per heavy atom. The average Bonchev–Trinajstić information content (AvgIpc) is 2.35. The fourth-order valence-corrected chi connectivity index (χ4v) is 3.37. The van der Waals surface area contributed by atoms with E-state index < -0.39 is 0 Å². The molecule has 0 saturated carbocycles. The summed E-state index contributed by atoms with van der Waals surface area (Å²) in [6, 6.07) is 4.16. The highest BCUT2D eigenvalue weighted by Gasteiger charge is 2.11. The SMILES string of the molecule is CC(N)Cc1cc(Br)c(OCCCC(=O)N(C)C)c(Br)c1. The van der Waals surface area contributed by atoms with Crippen LogP contribution in [0.15, 0.2) is 21.1 Å². The minimum atomic E-state index is 0.115. The summed E-state index contributed by atoms with van der Waals surface area (Å²) in [6.07, 6.45) is 2.00. The molecule has 0 radical (unpaired) electrons. The predicted molar refractivity (Wildman–Crippen MR) is 92.6 cm³/mol. The van der Waals surface area contributed by atoms with Gasteiger partial charge in [0.1, 0.15) is 5.75 Å².